The molecule has 0 saturated carbocycles. The van der Waals surface area contributed by atoms with Gasteiger partial charge in [0, 0.05) is 25.7 Å². The average Bonchev–Trinajstić information content (AvgIpc) is 2.37. The fraction of sp³-hybridized carbons (Fsp3) is 0.571. The molecule has 0 amide bonds. The van der Waals surface area contributed by atoms with Crippen LogP contribution in [0.1, 0.15) is 20.8 Å². The Hall–Kier alpha value is -1.82. The molecule has 1 N–H and O–H groups in total. The molecule has 2 rings (SSSR count). The minimum absolute atomic E-state index is 0.0651. The van der Waals surface area contributed by atoms with Crippen molar-refractivity contribution < 1.29 is 9.66 Å². The van der Waals surface area contributed by atoms with Gasteiger partial charge in [-0.2, -0.15) is 0 Å². The molecule has 1 aromatic carbocycles. The number of hydrogen-bond donors (Lipinski definition) is 1. The molecule has 6 nitrogen and oxygen atoms in total. The summed E-state index contributed by atoms with van der Waals surface area (Å²) >= 11 is 0. The molecule has 1 aromatic rings. The van der Waals surface area contributed by atoms with E-state index >= 15 is 0 Å². The molecule has 1 atom stereocenters. The Balaban J connectivity index is 2.38. The summed E-state index contributed by atoms with van der Waals surface area (Å²) in [5.74, 6) is 0.341. The normalized spacial score (nSPS) is 19.2. The summed E-state index contributed by atoms with van der Waals surface area (Å²) < 4.78 is 5.58. The van der Waals surface area contributed by atoms with Crippen LogP contribution in [0.4, 0.5) is 11.4 Å². The van der Waals surface area contributed by atoms with Crippen LogP contribution in [0.25, 0.3) is 0 Å². The number of benzene rings is 1. The fourth-order valence-electron chi connectivity index (χ4n) is 2.45. The molecule has 110 valence electrons. The quantitative estimate of drug-likeness (QED) is 0.676. The van der Waals surface area contributed by atoms with Gasteiger partial charge in [0.05, 0.1) is 11.0 Å². The minimum atomic E-state index is -0.347. The molecule has 1 heterocycles. The van der Waals surface area contributed by atoms with Gasteiger partial charge < -0.3 is 15.0 Å². The molecule has 20 heavy (non-hydrogen) atoms. The molecule has 1 saturated heterocycles. The van der Waals surface area contributed by atoms with Crippen molar-refractivity contribution >= 4 is 11.4 Å². The van der Waals surface area contributed by atoms with E-state index in [1.165, 1.54) is 0 Å². The van der Waals surface area contributed by atoms with Gasteiger partial charge in [-0.1, -0.05) is 6.07 Å². The number of nitrogens with one attached hydrogen (secondary N) is 1. The Labute approximate surface area is 118 Å². The van der Waals surface area contributed by atoms with Gasteiger partial charge in [-0.15, -0.1) is 0 Å². The monoisotopic (exact) mass is 279 g/mol. The van der Waals surface area contributed by atoms with Gasteiger partial charge in [0.2, 0.25) is 0 Å². The highest BCUT2D eigenvalue weighted by atomic mass is 16.6. The van der Waals surface area contributed by atoms with Crippen LogP contribution in [0.3, 0.4) is 0 Å². The van der Waals surface area contributed by atoms with Crippen LogP contribution in [0.2, 0.25) is 0 Å². The Morgan fingerprint density at radius 2 is 2.25 bits per heavy atom. The van der Waals surface area contributed by atoms with Crippen molar-refractivity contribution in [2.75, 3.05) is 24.5 Å². The van der Waals surface area contributed by atoms with Gasteiger partial charge >= 0.3 is 5.69 Å². The first-order valence-corrected chi connectivity index (χ1v) is 6.91. The zero-order valence-electron chi connectivity index (χ0n) is 12.1. The lowest BCUT2D eigenvalue weighted by molar-refractivity contribution is -0.385. The molecule has 6 heteroatoms. The van der Waals surface area contributed by atoms with E-state index in [1.807, 2.05) is 24.8 Å². The summed E-state index contributed by atoms with van der Waals surface area (Å²) in [7, 11) is 0. The molecule has 1 aliphatic rings. The lowest BCUT2D eigenvalue weighted by Crippen LogP contribution is -2.49. The number of para-hydroxylation sites is 1. The van der Waals surface area contributed by atoms with E-state index in [2.05, 4.69) is 12.2 Å². The zero-order valence-corrected chi connectivity index (χ0v) is 12.1. The number of nitro groups is 1. The van der Waals surface area contributed by atoms with E-state index < -0.39 is 0 Å². The second-order valence-electron chi connectivity index (χ2n) is 5.35. The first-order chi connectivity index (χ1) is 9.49. The summed E-state index contributed by atoms with van der Waals surface area (Å²) in [5, 5.41) is 14.8. The van der Waals surface area contributed by atoms with E-state index in [9.17, 15) is 10.1 Å². The van der Waals surface area contributed by atoms with Gasteiger partial charge in [-0.25, -0.2) is 0 Å². The largest absolute Gasteiger partial charge is 0.484 e. The molecule has 0 radical (unpaired) electrons. The van der Waals surface area contributed by atoms with Gasteiger partial charge in [0.25, 0.3) is 0 Å². The van der Waals surface area contributed by atoms with Crippen LogP contribution < -0.4 is 15.0 Å². The maximum atomic E-state index is 11.4. The number of anilines is 1. The van der Waals surface area contributed by atoms with Crippen molar-refractivity contribution in [1.29, 1.82) is 0 Å². The van der Waals surface area contributed by atoms with Crippen molar-refractivity contribution in [2.24, 2.45) is 0 Å². The molecular formula is C14H21N3O3. The number of ether oxygens (including phenoxy) is 1. The second-order valence-corrected chi connectivity index (χ2v) is 5.35. The van der Waals surface area contributed by atoms with Crippen molar-refractivity contribution in [3.8, 4) is 5.75 Å². The summed E-state index contributed by atoms with van der Waals surface area (Å²) in [6.45, 7) is 8.15. The van der Waals surface area contributed by atoms with Crippen molar-refractivity contribution in [2.45, 2.75) is 32.9 Å². The van der Waals surface area contributed by atoms with Gasteiger partial charge in [0.15, 0.2) is 5.75 Å². The topological polar surface area (TPSA) is 67.6 Å². The number of nitro benzene ring substituents is 1. The molecule has 0 aliphatic carbocycles. The molecule has 0 aromatic heterocycles. The zero-order chi connectivity index (χ0) is 14.7. The van der Waals surface area contributed by atoms with Crippen molar-refractivity contribution in [3.05, 3.63) is 28.3 Å². The maximum Gasteiger partial charge on any atom is 0.333 e. The Kier molecular flexibility index (Phi) is 4.44. The summed E-state index contributed by atoms with van der Waals surface area (Å²) in [4.78, 5) is 13.1. The van der Waals surface area contributed by atoms with E-state index in [0.717, 1.165) is 19.6 Å². The summed E-state index contributed by atoms with van der Waals surface area (Å²) in [6.07, 6.45) is -0.0918. The number of rotatable bonds is 4. The van der Waals surface area contributed by atoms with Gasteiger partial charge in [-0.3, -0.25) is 10.1 Å². The standard InChI is InChI=1S/C14H21N3O3/c1-10(2)20-13-6-4-5-12(14(13)17(18)19)16-8-7-15-11(3)9-16/h4-6,10-11,15H,7-9H2,1-3H3/t11-/m1/s1. The van der Waals surface area contributed by atoms with Crippen LogP contribution in [0.15, 0.2) is 18.2 Å². The van der Waals surface area contributed by atoms with E-state index in [4.69, 9.17) is 4.74 Å². The molecule has 0 spiro atoms. The van der Waals surface area contributed by atoms with E-state index in [1.54, 1.807) is 12.1 Å². The van der Waals surface area contributed by atoms with Crippen molar-refractivity contribution in [3.63, 3.8) is 0 Å². The molecular weight excluding hydrogens is 258 g/mol. The fourth-order valence-corrected chi connectivity index (χ4v) is 2.45. The lowest BCUT2D eigenvalue weighted by atomic mass is 10.1. The third-order valence-electron chi connectivity index (χ3n) is 3.23. The van der Waals surface area contributed by atoms with Crippen LogP contribution in [0, 0.1) is 10.1 Å². The van der Waals surface area contributed by atoms with Crippen LogP contribution >= 0.6 is 0 Å². The third kappa shape index (κ3) is 3.19. The van der Waals surface area contributed by atoms with Crippen molar-refractivity contribution in [1.82, 2.24) is 5.32 Å². The first-order valence-electron chi connectivity index (χ1n) is 6.91. The Morgan fingerprint density at radius 3 is 2.85 bits per heavy atom. The highest BCUT2D eigenvalue weighted by Crippen LogP contribution is 2.37. The second kappa shape index (κ2) is 6.09. The number of hydrogen-bond acceptors (Lipinski definition) is 5. The Bertz CT molecular complexity index is 491. The number of piperazine rings is 1. The number of nitrogens with zero attached hydrogens (tertiary/aromatic N) is 2. The predicted molar refractivity (Wildman–Crippen MR) is 78.5 cm³/mol. The maximum absolute atomic E-state index is 11.4. The van der Waals surface area contributed by atoms with Crippen LogP contribution in [0.5, 0.6) is 5.75 Å². The minimum Gasteiger partial charge on any atom is -0.484 e. The van der Waals surface area contributed by atoms with Crippen LogP contribution in [-0.4, -0.2) is 36.7 Å². The first kappa shape index (κ1) is 14.6. The summed E-state index contributed by atoms with van der Waals surface area (Å²) in [6, 6.07) is 5.58. The van der Waals surface area contributed by atoms with Crippen LogP contribution in [-0.2, 0) is 0 Å². The van der Waals surface area contributed by atoms with Gasteiger partial charge in [0.1, 0.15) is 5.69 Å². The molecule has 0 bridgehead atoms. The molecule has 0 unspecified atom stereocenters. The van der Waals surface area contributed by atoms with E-state index in [0.29, 0.717) is 17.5 Å². The smallest absolute Gasteiger partial charge is 0.333 e. The highest BCUT2D eigenvalue weighted by Gasteiger charge is 2.27. The molecule has 1 fully saturated rings. The SMILES string of the molecule is CC(C)Oc1cccc(N2CCN[C@H](C)C2)c1[N+](=O)[O-]. The average molecular weight is 279 g/mol. The van der Waals surface area contributed by atoms with Gasteiger partial charge in [-0.05, 0) is 32.9 Å². The predicted octanol–water partition coefficient (Wildman–Crippen LogP) is 2.18. The summed E-state index contributed by atoms with van der Waals surface area (Å²) in [5.41, 5.74) is 0.705. The molecule has 1 aliphatic heterocycles. The van der Waals surface area contributed by atoms with E-state index in [-0.39, 0.29) is 16.7 Å². The highest BCUT2D eigenvalue weighted by molar-refractivity contribution is 5.70. The lowest BCUT2D eigenvalue weighted by Gasteiger charge is -2.33. The Morgan fingerprint density at radius 1 is 1.50 bits per heavy atom. The third-order valence-corrected chi connectivity index (χ3v) is 3.23.